The summed E-state index contributed by atoms with van der Waals surface area (Å²) in [6.07, 6.45) is 3.59. The minimum Gasteiger partial charge on any atom is -0.341 e. The summed E-state index contributed by atoms with van der Waals surface area (Å²) in [6.45, 7) is 0. The lowest BCUT2D eigenvalue weighted by molar-refractivity contribution is -0.119. The molecular weight excluding hydrogens is 294 g/mol. The number of aryl methyl sites for hydroxylation is 1. The van der Waals surface area contributed by atoms with Gasteiger partial charge in [-0.15, -0.1) is 0 Å². The first-order valence-corrected chi connectivity index (χ1v) is 6.72. The molecule has 1 amide bonds. The van der Waals surface area contributed by atoms with E-state index in [0.29, 0.717) is 0 Å². The first-order valence-electron chi connectivity index (χ1n) is 5.60. The predicted octanol–water partition coefficient (Wildman–Crippen LogP) is 2.02. The number of hydrogen-bond acceptors (Lipinski definition) is 2. The van der Waals surface area contributed by atoms with Crippen LogP contribution in [0, 0.1) is 0 Å². The van der Waals surface area contributed by atoms with Crippen LogP contribution in [0.2, 0.25) is 0 Å². The van der Waals surface area contributed by atoms with Gasteiger partial charge < -0.3 is 9.88 Å². The van der Waals surface area contributed by atoms with Gasteiger partial charge in [-0.1, -0.05) is 46.3 Å². The van der Waals surface area contributed by atoms with Gasteiger partial charge in [0.1, 0.15) is 11.9 Å². The molecule has 0 bridgehead atoms. The van der Waals surface area contributed by atoms with E-state index < -0.39 is 0 Å². The minimum atomic E-state index is -0.226. The van der Waals surface area contributed by atoms with E-state index in [1.165, 1.54) is 0 Å². The smallest absolute Gasteiger partial charge is 0.231 e. The summed E-state index contributed by atoms with van der Waals surface area (Å²) in [5.41, 5.74) is 1.01. The van der Waals surface area contributed by atoms with Gasteiger partial charge in [-0.05, 0) is 5.56 Å². The molecule has 1 aromatic carbocycles. The van der Waals surface area contributed by atoms with Gasteiger partial charge in [0.25, 0.3) is 0 Å². The lowest BCUT2D eigenvalue weighted by Crippen LogP contribution is -2.31. The van der Waals surface area contributed by atoms with E-state index in [-0.39, 0.29) is 17.3 Å². The molecule has 0 aliphatic heterocycles. The van der Waals surface area contributed by atoms with E-state index >= 15 is 0 Å². The second kappa shape index (κ2) is 5.82. The Hall–Kier alpha value is -1.62. The Bertz CT molecular complexity index is 524. The van der Waals surface area contributed by atoms with Crippen molar-refractivity contribution < 1.29 is 4.79 Å². The van der Waals surface area contributed by atoms with Gasteiger partial charge in [0.2, 0.25) is 5.91 Å². The average molecular weight is 308 g/mol. The van der Waals surface area contributed by atoms with Gasteiger partial charge in [-0.2, -0.15) is 0 Å². The van der Waals surface area contributed by atoms with Crippen molar-refractivity contribution in [1.29, 1.82) is 0 Å². The Kier molecular flexibility index (Phi) is 4.15. The Morgan fingerprint density at radius 2 is 2.17 bits per heavy atom. The SMILES string of the molecule is Cn1ccnc1C(NC(=O)CBr)c1ccccc1. The van der Waals surface area contributed by atoms with E-state index in [0.717, 1.165) is 11.4 Å². The Labute approximate surface area is 114 Å². The van der Waals surface area contributed by atoms with E-state index in [1.807, 2.05) is 48.1 Å². The van der Waals surface area contributed by atoms with Crippen molar-refractivity contribution in [3.05, 3.63) is 54.1 Å². The number of hydrogen-bond donors (Lipinski definition) is 1. The minimum absolute atomic E-state index is 0.0631. The molecule has 0 fully saturated rings. The third-order valence-electron chi connectivity index (χ3n) is 2.68. The first kappa shape index (κ1) is 12.8. The number of amides is 1. The van der Waals surface area contributed by atoms with Crippen molar-refractivity contribution in [2.75, 3.05) is 5.33 Å². The summed E-state index contributed by atoms with van der Waals surface area (Å²) in [5.74, 6) is 0.752. The van der Waals surface area contributed by atoms with Crippen LogP contribution in [0.1, 0.15) is 17.4 Å². The number of carbonyl (C=O) groups excluding carboxylic acids is 1. The summed E-state index contributed by atoms with van der Waals surface area (Å²) in [6, 6.07) is 9.58. The number of nitrogens with one attached hydrogen (secondary N) is 1. The lowest BCUT2D eigenvalue weighted by Gasteiger charge is -2.18. The molecule has 18 heavy (non-hydrogen) atoms. The van der Waals surface area contributed by atoms with Crippen LogP contribution in [0.25, 0.3) is 0 Å². The molecule has 0 spiro atoms. The van der Waals surface area contributed by atoms with Crippen molar-refractivity contribution in [2.45, 2.75) is 6.04 Å². The first-order chi connectivity index (χ1) is 8.72. The summed E-state index contributed by atoms with van der Waals surface area (Å²) >= 11 is 3.16. The molecule has 0 saturated carbocycles. The molecule has 1 N–H and O–H groups in total. The van der Waals surface area contributed by atoms with E-state index in [9.17, 15) is 4.79 Å². The molecule has 1 aromatic heterocycles. The summed E-state index contributed by atoms with van der Waals surface area (Å²) in [7, 11) is 1.92. The number of imidazole rings is 1. The third-order valence-corrected chi connectivity index (χ3v) is 3.19. The summed E-state index contributed by atoms with van der Waals surface area (Å²) < 4.78 is 1.91. The molecule has 2 rings (SSSR count). The molecule has 1 heterocycles. The second-order valence-corrected chi connectivity index (χ2v) is 4.50. The second-order valence-electron chi connectivity index (χ2n) is 3.94. The summed E-state index contributed by atoms with van der Waals surface area (Å²) in [4.78, 5) is 15.9. The van der Waals surface area contributed by atoms with Crippen LogP contribution in [0.5, 0.6) is 0 Å². The molecule has 4 nitrogen and oxygen atoms in total. The van der Waals surface area contributed by atoms with E-state index in [2.05, 4.69) is 26.2 Å². The van der Waals surface area contributed by atoms with Crippen molar-refractivity contribution in [3.8, 4) is 0 Å². The average Bonchev–Trinajstić information content (AvgIpc) is 2.83. The van der Waals surface area contributed by atoms with Crippen LogP contribution < -0.4 is 5.32 Å². The lowest BCUT2D eigenvalue weighted by atomic mass is 10.1. The van der Waals surface area contributed by atoms with E-state index in [1.54, 1.807) is 6.20 Å². The number of nitrogens with zero attached hydrogens (tertiary/aromatic N) is 2. The molecule has 94 valence electrons. The fraction of sp³-hybridized carbons (Fsp3) is 0.231. The van der Waals surface area contributed by atoms with Gasteiger partial charge in [0.05, 0.1) is 5.33 Å². The van der Waals surface area contributed by atoms with Gasteiger partial charge in [0, 0.05) is 19.4 Å². The zero-order valence-electron chi connectivity index (χ0n) is 10.0. The fourth-order valence-corrected chi connectivity index (χ4v) is 1.96. The van der Waals surface area contributed by atoms with Crippen molar-refractivity contribution in [1.82, 2.24) is 14.9 Å². The third kappa shape index (κ3) is 2.79. The van der Waals surface area contributed by atoms with Gasteiger partial charge in [-0.3, -0.25) is 4.79 Å². The maximum atomic E-state index is 11.6. The largest absolute Gasteiger partial charge is 0.341 e. The van der Waals surface area contributed by atoms with Crippen LogP contribution in [-0.4, -0.2) is 20.8 Å². The number of alkyl halides is 1. The topological polar surface area (TPSA) is 46.9 Å². The molecular formula is C13H14BrN3O. The van der Waals surface area contributed by atoms with Gasteiger partial charge in [0.15, 0.2) is 0 Å². The highest BCUT2D eigenvalue weighted by molar-refractivity contribution is 9.09. The predicted molar refractivity (Wildman–Crippen MR) is 73.4 cm³/mol. The molecule has 1 atom stereocenters. The number of rotatable bonds is 4. The molecule has 0 radical (unpaired) electrons. The van der Waals surface area contributed by atoms with Crippen molar-refractivity contribution in [2.24, 2.45) is 7.05 Å². The normalized spacial score (nSPS) is 12.1. The van der Waals surface area contributed by atoms with Crippen LogP contribution in [0.15, 0.2) is 42.7 Å². The monoisotopic (exact) mass is 307 g/mol. The van der Waals surface area contributed by atoms with Crippen LogP contribution in [-0.2, 0) is 11.8 Å². The van der Waals surface area contributed by atoms with Crippen LogP contribution >= 0.6 is 15.9 Å². The Balaban J connectivity index is 2.35. The van der Waals surface area contributed by atoms with Crippen molar-refractivity contribution >= 4 is 21.8 Å². The van der Waals surface area contributed by atoms with Crippen LogP contribution in [0.3, 0.4) is 0 Å². The molecule has 0 aliphatic rings. The zero-order chi connectivity index (χ0) is 13.0. The quantitative estimate of drug-likeness (QED) is 0.879. The molecule has 0 saturated heterocycles. The Morgan fingerprint density at radius 3 is 2.72 bits per heavy atom. The fourth-order valence-electron chi connectivity index (χ4n) is 1.80. The number of benzene rings is 1. The maximum absolute atomic E-state index is 11.6. The van der Waals surface area contributed by atoms with Gasteiger partial charge in [-0.25, -0.2) is 4.98 Å². The molecule has 5 heteroatoms. The van der Waals surface area contributed by atoms with Crippen LogP contribution in [0.4, 0.5) is 0 Å². The molecule has 0 aliphatic carbocycles. The van der Waals surface area contributed by atoms with Gasteiger partial charge >= 0.3 is 0 Å². The Morgan fingerprint density at radius 1 is 1.44 bits per heavy atom. The number of aromatic nitrogens is 2. The summed E-state index contributed by atoms with van der Waals surface area (Å²) in [5, 5.41) is 3.24. The van der Waals surface area contributed by atoms with Crippen molar-refractivity contribution in [3.63, 3.8) is 0 Å². The maximum Gasteiger partial charge on any atom is 0.231 e. The van der Waals surface area contributed by atoms with E-state index in [4.69, 9.17) is 0 Å². The molecule has 1 unspecified atom stereocenters. The highest BCUT2D eigenvalue weighted by Gasteiger charge is 2.19. The standard InChI is InChI=1S/C13H14BrN3O/c1-17-8-7-15-13(17)12(16-11(18)9-14)10-5-3-2-4-6-10/h2-8,12H,9H2,1H3,(H,16,18). The highest BCUT2D eigenvalue weighted by atomic mass is 79.9. The zero-order valence-corrected chi connectivity index (χ0v) is 11.6. The molecule has 2 aromatic rings. The highest BCUT2D eigenvalue weighted by Crippen LogP contribution is 2.19. The number of halogens is 1. The number of carbonyl (C=O) groups is 1.